The van der Waals surface area contributed by atoms with Gasteiger partial charge < -0.3 is 4.74 Å². The van der Waals surface area contributed by atoms with Gasteiger partial charge in [-0.05, 0) is 26.8 Å². The number of aromatic nitrogens is 2. The summed E-state index contributed by atoms with van der Waals surface area (Å²) in [7, 11) is 1.77. The Morgan fingerprint density at radius 3 is 2.43 bits per heavy atom. The van der Waals surface area contributed by atoms with Crippen molar-refractivity contribution in [2.45, 2.75) is 40.2 Å². The minimum absolute atomic E-state index is 0.501. The van der Waals surface area contributed by atoms with Crippen molar-refractivity contribution in [3.63, 3.8) is 0 Å². The molecule has 0 bridgehead atoms. The molecule has 0 aliphatic carbocycles. The molecule has 0 fully saturated rings. The summed E-state index contributed by atoms with van der Waals surface area (Å²) in [4.78, 5) is 11.8. The van der Waals surface area contributed by atoms with Gasteiger partial charge in [0.05, 0.1) is 21.9 Å². The van der Waals surface area contributed by atoms with Gasteiger partial charge in [-0.3, -0.25) is 10.00 Å². The Bertz CT molecular complexity index is 655. The van der Waals surface area contributed by atoms with E-state index in [9.17, 15) is 4.79 Å². The summed E-state index contributed by atoms with van der Waals surface area (Å²) in [6.45, 7) is 9.40. The summed E-state index contributed by atoms with van der Waals surface area (Å²) >= 11 is 13.6. The van der Waals surface area contributed by atoms with Gasteiger partial charge in [0.25, 0.3) is 0 Å². The van der Waals surface area contributed by atoms with Crippen LogP contribution >= 0.6 is 34.5 Å². The second-order valence-corrected chi connectivity index (χ2v) is 7.45. The fourth-order valence-corrected chi connectivity index (χ4v) is 3.14. The molecule has 0 aliphatic heterocycles. The molecule has 23 heavy (non-hydrogen) atoms. The van der Waals surface area contributed by atoms with Crippen LogP contribution in [0.5, 0.6) is 0 Å². The van der Waals surface area contributed by atoms with Gasteiger partial charge in [0, 0.05) is 12.6 Å². The summed E-state index contributed by atoms with van der Waals surface area (Å²) < 4.78 is 7.35. The first-order valence-corrected chi connectivity index (χ1v) is 8.72. The quantitative estimate of drug-likeness (QED) is 0.715. The minimum atomic E-state index is -0.556. The summed E-state index contributed by atoms with van der Waals surface area (Å²) in [6.07, 6.45) is 1.02. The first-order chi connectivity index (χ1) is 10.7. The van der Waals surface area contributed by atoms with E-state index in [0.717, 1.165) is 5.56 Å². The predicted molar refractivity (Wildman–Crippen MR) is 97.7 cm³/mol. The van der Waals surface area contributed by atoms with Crippen LogP contribution in [0.15, 0.2) is 12.3 Å². The van der Waals surface area contributed by atoms with Crippen molar-refractivity contribution < 1.29 is 9.53 Å². The van der Waals surface area contributed by atoms with Crippen LogP contribution in [0, 0.1) is 0 Å². The lowest BCUT2D eigenvalue weighted by Gasteiger charge is -2.19. The number of halogens is 2. The first kappa shape index (κ1) is 19.8. The van der Waals surface area contributed by atoms with Crippen molar-refractivity contribution in [3.8, 4) is 11.3 Å². The molecule has 0 radical (unpaired) electrons. The lowest BCUT2D eigenvalue weighted by atomic mass is 10.2. The van der Waals surface area contributed by atoms with E-state index in [1.807, 2.05) is 13.8 Å². The van der Waals surface area contributed by atoms with Crippen molar-refractivity contribution >= 4 is 45.6 Å². The van der Waals surface area contributed by atoms with Gasteiger partial charge in [0.2, 0.25) is 0 Å². The molecular formula is C15H21Cl2N3O2S. The molecule has 2 aromatic rings. The van der Waals surface area contributed by atoms with E-state index in [2.05, 4.69) is 10.4 Å². The Labute approximate surface area is 150 Å². The number of anilines is 1. The highest BCUT2D eigenvalue weighted by molar-refractivity contribution is 7.20. The van der Waals surface area contributed by atoms with Crippen molar-refractivity contribution in [1.82, 2.24) is 9.78 Å². The molecule has 128 valence electrons. The zero-order valence-corrected chi connectivity index (χ0v) is 16.4. The van der Waals surface area contributed by atoms with Gasteiger partial charge in [0.15, 0.2) is 0 Å². The fourth-order valence-electron chi connectivity index (χ4n) is 1.71. The van der Waals surface area contributed by atoms with Gasteiger partial charge in [-0.25, -0.2) is 4.79 Å². The number of ether oxygens (including phenoxy) is 1. The first-order valence-electron chi connectivity index (χ1n) is 7.14. The number of hydrogen-bond donors (Lipinski definition) is 1. The predicted octanol–water partition coefficient (Wildman–Crippen LogP) is 5.83. The average molecular weight is 378 g/mol. The van der Waals surface area contributed by atoms with Gasteiger partial charge in [-0.2, -0.15) is 5.10 Å². The van der Waals surface area contributed by atoms with Gasteiger partial charge in [-0.15, -0.1) is 11.3 Å². The van der Waals surface area contributed by atoms with Crippen molar-refractivity contribution in [2.24, 2.45) is 7.05 Å². The normalized spacial score (nSPS) is 10.8. The number of nitrogens with one attached hydrogen (secondary N) is 1. The zero-order valence-electron chi connectivity index (χ0n) is 14.0. The monoisotopic (exact) mass is 377 g/mol. The molecule has 0 aliphatic rings. The number of hydrogen-bond acceptors (Lipinski definition) is 4. The third-order valence-electron chi connectivity index (χ3n) is 2.46. The highest BCUT2D eigenvalue weighted by atomic mass is 35.5. The molecule has 1 amide bonds. The number of nitrogens with zero attached hydrogens (tertiary/aromatic N) is 2. The average Bonchev–Trinajstić information content (AvgIpc) is 2.92. The molecule has 0 aromatic carbocycles. The Hall–Kier alpha value is -1.24. The van der Waals surface area contributed by atoms with Gasteiger partial charge >= 0.3 is 6.09 Å². The van der Waals surface area contributed by atoms with Crippen molar-refractivity contribution in [1.29, 1.82) is 0 Å². The largest absolute Gasteiger partial charge is 0.444 e. The highest BCUT2D eigenvalue weighted by Crippen LogP contribution is 2.41. The number of carbonyl (C=O) groups is 1. The highest BCUT2D eigenvalue weighted by Gasteiger charge is 2.20. The van der Waals surface area contributed by atoms with E-state index in [4.69, 9.17) is 27.9 Å². The Balaban J connectivity index is 0.00000127. The van der Waals surface area contributed by atoms with Crippen LogP contribution in [0.1, 0.15) is 34.6 Å². The maximum absolute atomic E-state index is 11.8. The second kappa shape index (κ2) is 8.04. The van der Waals surface area contributed by atoms with Crippen LogP contribution < -0.4 is 5.32 Å². The molecule has 5 nitrogen and oxygen atoms in total. The zero-order chi connectivity index (χ0) is 17.8. The van der Waals surface area contributed by atoms with Crippen LogP contribution in [0.25, 0.3) is 11.3 Å². The summed E-state index contributed by atoms with van der Waals surface area (Å²) in [5.74, 6) is 0. The third-order valence-corrected chi connectivity index (χ3v) is 4.01. The van der Waals surface area contributed by atoms with Crippen LogP contribution in [-0.4, -0.2) is 21.5 Å². The lowest BCUT2D eigenvalue weighted by Crippen LogP contribution is -2.26. The molecule has 1 N–H and O–H groups in total. The van der Waals surface area contributed by atoms with E-state index in [0.29, 0.717) is 20.1 Å². The minimum Gasteiger partial charge on any atom is -0.444 e. The summed E-state index contributed by atoms with van der Waals surface area (Å²) in [5, 5.41) is 7.82. The lowest BCUT2D eigenvalue weighted by molar-refractivity contribution is 0.0636. The molecule has 8 heteroatoms. The summed E-state index contributed by atoms with van der Waals surface area (Å²) in [5.41, 5.74) is 0.868. The SMILES string of the molecule is CC.Cn1ncc(Cl)c1-c1cc(NC(=O)OC(C)(C)C)sc1Cl. The van der Waals surface area contributed by atoms with E-state index in [1.165, 1.54) is 11.3 Å². The second-order valence-electron chi connectivity index (χ2n) is 5.39. The van der Waals surface area contributed by atoms with E-state index in [1.54, 1.807) is 44.8 Å². The van der Waals surface area contributed by atoms with Gasteiger partial charge in [0.1, 0.15) is 9.94 Å². The molecule has 0 saturated heterocycles. The smallest absolute Gasteiger partial charge is 0.412 e. The standard InChI is InChI=1S/C13H15Cl2N3O2S.C2H6/c1-13(2,3)20-12(19)17-9-5-7(11(15)21-9)10-8(14)6-16-18(10)4;1-2/h5-6H,1-4H3,(H,17,19);1-2H3. The molecule has 0 spiro atoms. The van der Waals surface area contributed by atoms with Crippen LogP contribution in [0.4, 0.5) is 9.80 Å². The van der Waals surface area contributed by atoms with E-state index in [-0.39, 0.29) is 0 Å². The molecule has 2 heterocycles. The summed E-state index contributed by atoms with van der Waals surface area (Å²) in [6, 6.07) is 1.75. The maximum Gasteiger partial charge on any atom is 0.412 e. The van der Waals surface area contributed by atoms with E-state index >= 15 is 0 Å². The van der Waals surface area contributed by atoms with Crippen molar-refractivity contribution in [3.05, 3.63) is 21.6 Å². The van der Waals surface area contributed by atoms with Gasteiger partial charge in [-0.1, -0.05) is 37.0 Å². The van der Waals surface area contributed by atoms with Crippen LogP contribution in [-0.2, 0) is 11.8 Å². The number of thiophene rings is 1. The molecular weight excluding hydrogens is 357 g/mol. The van der Waals surface area contributed by atoms with E-state index < -0.39 is 11.7 Å². The van der Waals surface area contributed by atoms with Crippen LogP contribution in [0.2, 0.25) is 9.36 Å². The number of aryl methyl sites for hydroxylation is 1. The van der Waals surface area contributed by atoms with Crippen LogP contribution in [0.3, 0.4) is 0 Å². The Morgan fingerprint density at radius 2 is 1.96 bits per heavy atom. The molecule has 2 aromatic heterocycles. The fraction of sp³-hybridized carbons (Fsp3) is 0.467. The Morgan fingerprint density at radius 1 is 1.35 bits per heavy atom. The molecule has 0 unspecified atom stereocenters. The Kier molecular flexibility index (Phi) is 6.92. The topological polar surface area (TPSA) is 56.2 Å². The molecule has 2 rings (SSSR count). The molecule has 0 saturated carbocycles. The third kappa shape index (κ3) is 5.41. The number of amides is 1. The number of rotatable bonds is 2. The number of carbonyl (C=O) groups excluding carboxylic acids is 1. The molecule has 0 atom stereocenters. The van der Waals surface area contributed by atoms with Crippen molar-refractivity contribution in [2.75, 3.05) is 5.32 Å². The maximum atomic E-state index is 11.8.